The Morgan fingerprint density at radius 3 is 2.78 bits per heavy atom. The summed E-state index contributed by atoms with van der Waals surface area (Å²) in [4.78, 5) is 10.1. The third-order valence-electron chi connectivity index (χ3n) is 2.74. The van der Waals surface area contributed by atoms with Crippen LogP contribution >= 0.6 is 11.3 Å². The van der Waals surface area contributed by atoms with Gasteiger partial charge in [0.15, 0.2) is 0 Å². The first-order valence-electron chi connectivity index (χ1n) is 6.48. The number of nitrogens with one attached hydrogen (secondary N) is 1. The molecule has 0 fully saturated rings. The van der Waals surface area contributed by atoms with E-state index >= 15 is 0 Å². The molecule has 2 rings (SSSR count). The molecule has 0 saturated heterocycles. The maximum Gasteiger partial charge on any atom is 0.133 e. The largest absolute Gasteiger partial charge is 0.370 e. The van der Waals surface area contributed by atoms with Crippen molar-refractivity contribution in [2.24, 2.45) is 0 Å². The van der Waals surface area contributed by atoms with E-state index in [1.54, 1.807) is 17.7 Å². The highest BCUT2D eigenvalue weighted by atomic mass is 32.1. The molecule has 0 atom stereocenters. The van der Waals surface area contributed by atoms with Gasteiger partial charge in [-0.05, 0) is 24.3 Å². The zero-order valence-electron chi connectivity index (χ0n) is 10.9. The average Bonchev–Trinajstić information content (AvgIpc) is 2.91. The maximum absolute atomic E-state index is 4.47. The molecule has 0 saturated carbocycles. The topological polar surface area (TPSA) is 37.8 Å². The molecule has 0 aliphatic heterocycles. The van der Waals surface area contributed by atoms with Crippen molar-refractivity contribution in [1.29, 1.82) is 0 Å². The van der Waals surface area contributed by atoms with E-state index in [1.807, 2.05) is 0 Å². The highest BCUT2D eigenvalue weighted by molar-refractivity contribution is 7.13. The number of thiophene rings is 1. The molecule has 0 spiro atoms. The lowest BCUT2D eigenvalue weighted by Gasteiger charge is -2.12. The fourth-order valence-electron chi connectivity index (χ4n) is 1.92. The van der Waals surface area contributed by atoms with Crippen molar-refractivity contribution in [2.75, 3.05) is 11.9 Å². The number of hydrogen-bond donors (Lipinski definition) is 1. The van der Waals surface area contributed by atoms with Gasteiger partial charge in [-0.1, -0.05) is 26.3 Å². The van der Waals surface area contributed by atoms with Gasteiger partial charge in [-0.25, -0.2) is 9.97 Å². The zero-order valence-corrected chi connectivity index (χ0v) is 11.8. The van der Waals surface area contributed by atoms with E-state index < -0.39 is 0 Å². The van der Waals surface area contributed by atoms with Crippen molar-refractivity contribution >= 4 is 17.2 Å². The summed E-state index contributed by atoms with van der Waals surface area (Å²) in [5, 5.41) is 5.49. The molecule has 0 aliphatic carbocycles. The zero-order chi connectivity index (χ0) is 12.8. The molecule has 0 aromatic carbocycles. The van der Waals surface area contributed by atoms with Crippen LogP contribution in [-0.2, 0) is 6.42 Å². The van der Waals surface area contributed by atoms with Crippen LogP contribution in [0.3, 0.4) is 0 Å². The molecule has 0 amide bonds. The quantitative estimate of drug-likeness (QED) is 0.854. The van der Waals surface area contributed by atoms with Gasteiger partial charge in [0, 0.05) is 12.1 Å². The molecule has 4 heteroatoms. The SMILES string of the molecule is CCCNc1ncnc(-c2cccs2)c1CCC. The molecule has 0 radical (unpaired) electrons. The van der Waals surface area contributed by atoms with Crippen LogP contribution < -0.4 is 5.32 Å². The number of anilines is 1. The van der Waals surface area contributed by atoms with Gasteiger partial charge in [-0.15, -0.1) is 11.3 Å². The van der Waals surface area contributed by atoms with Crippen LogP contribution in [0.2, 0.25) is 0 Å². The van der Waals surface area contributed by atoms with Gasteiger partial charge in [-0.3, -0.25) is 0 Å². The molecule has 18 heavy (non-hydrogen) atoms. The van der Waals surface area contributed by atoms with Crippen LogP contribution in [-0.4, -0.2) is 16.5 Å². The van der Waals surface area contributed by atoms with Gasteiger partial charge in [0.2, 0.25) is 0 Å². The lowest BCUT2D eigenvalue weighted by atomic mass is 10.1. The molecule has 2 heterocycles. The Hall–Kier alpha value is -1.42. The lowest BCUT2D eigenvalue weighted by Crippen LogP contribution is -2.07. The summed E-state index contributed by atoms with van der Waals surface area (Å²) in [5.74, 6) is 0.997. The fourth-order valence-corrected chi connectivity index (χ4v) is 2.67. The van der Waals surface area contributed by atoms with Gasteiger partial charge >= 0.3 is 0 Å². The summed E-state index contributed by atoms with van der Waals surface area (Å²) in [6.07, 6.45) is 4.88. The molecule has 96 valence electrons. The Morgan fingerprint density at radius 2 is 2.11 bits per heavy atom. The number of rotatable bonds is 6. The van der Waals surface area contributed by atoms with E-state index in [0.29, 0.717) is 0 Å². The first kappa shape index (κ1) is 13.0. The molecular formula is C14H19N3S. The normalized spacial score (nSPS) is 10.6. The summed E-state index contributed by atoms with van der Waals surface area (Å²) in [6.45, 7) is 5.31. The summed E-state index contributed by atoms with van der Waals surface area (Å²) in [5.41, 5.74) is 2.33. The van der Waals surface area contributed by atoms with Crippen LogP contribution in [0.25, 0.3) is 10.6 Å². The van der Waals surface area contributed by atoms with Gasteiger partial charge in [0.25, 0.3) is 0 Å². The van der Waals surface area contributed by atoms with E-state index in [-0.39, 0.29) is 0 Å². The van der Waals surface area contributed by atoms with Crippen molar-refractivity contribution in [1.82, 2.24) is 9.97 Å². The Balaban J connectivity index is 2.39. The number of aromatic nitrogens is 2. The Morgan fingerprint density at radius 1 is 1.22 bits per heavy atom. The molecule has 0 unspecified atom stereocenters. The van der Waals surface area contributed by atoms with Gasteiger partial charge in [0.05, 0.1) is 10.6 Å². The Bertz CT molecular complexity index is 480. The van der Waals surface area contributed by atoms with Gasteiger partial charge < -0.3 is 5.32 Å². The predicted molar refractivity (Wildman–Crippen MR) is 78.1 cm³/mol. The van der Waals surface area contributed by atoms with E-state index in [1.165, 1.54) is 10.4 Å². The summed E-state index contributed by atoms with van der Waals surface area (Å²) in [7, 11) is 0. The smallest absolute Gasteiger partial charge is 0.133 e. The molecule has 1 N–H and O–H groups in total. The minimum absolute atomic E-state index is 0.956. The number of nitrogens with zero attached hydrogens (tertiary/aromatic N) is 2. The van der Waals surface area contributed by atoms with Gasteiger partial charge in [0.1, 0.15) is 12.1 Å². The van der Waals surface area contributed by atoms with Crippen molar-refractivity contribution in [2.45, 2.75) is 33.1 Å². The average molecular weight is 261 g/mol. The van der Waals surface area contributed by atoms with Crippen LogP contribution in [0.15, 0.2) is 23.8 Å². The van der Waals surface area contributed by atoms with Gasteiger partial charge in [-0.2, -0.15) is 0 Å². The van der Waals surface area contributed by atoms with Crippen molar-refractivity contribution in [3.05, 3.63) is 29.4 Å². The second-order valence-corrected chi connectivity index (χ2v) is 5.15. The highest BCUT2D eigenvalue weighted by Gasteiger charge is 2.12. The first-order chi connectivity index (χ1) is 8.86. The van der Waals surface area contributed by atoms with Crippen LogP contribution in [0.5, 0.6) is 0 Å². The second-order valence-electron chi connectivity index (χ2n) is 4.20. The monoisotopic (exact) mass is 261 g/mol. The Kier molecular flexibility index (Phi) is 4.70. The lowest BCUT2D eigenvalue weighted by molar-refractivity contribution is 0.893. The molecule has 2 aromatic heterocycles. The minimum atomic E-state index is 0.956. The molecule has 0 bridgehead atoms. The summed E-state index contributed by atoms with van der Waals surface area (Å²) >= 11 is 1.73. The molecule has 0 aliphatic rings. The van der Waals surface area contributed by atoms with Crippen molar-refractivity contribution < 1.29 is 0 Å². The van der Waals surface area contributed by atoms with E-state index in [2.05, 4.69) is 46.6 Å². The van der Waals surface area contributed by atoms with E-state index in [9.17, 15) is 0 Å². The highest BCUT2D eigenvalue weighted by Crippen LogP contribution is 2.29. The number of hydrogen-bond acceptors (Lipinski definition) is 4. The van der Waals surface area contributed by atoms with Crippen LogP contribution in [0, 0.1) is 0 Å². The third-order valence-corrected chi connectivity index (χ3v) is 3.62. The molecule has 3 nitrogen and oxygen atoms in total. The second kappa shape index (κ2) is 6.50. The third kappa shape index (κ3) is 2.88. The maximum atomic E-state index is 4.47. The van der Waals surface area contributed by atoms with Crippen LogP contribution in [0.4, 0.5) is 5.82 Å². The summed E-state index contributed by atoms with van der Waals surface area (Å²) in [6, 6.07) is 4.19. The Labute approximate surface area is 112 Å². The first-order valence-corrected chi connectivity index (χ1v) is 7.36. The molecular weight excluding hydrogens is 242 g/mol. The predicted octanol–water partition coefficient (Wildman–Crippen LogP) is 3.98. The van der Waals surface area contributed by atoms with Crippen LogP contribution in [0.1, 0.15) is 32.3 Å². The van der Waals surface area contributed by atoms with E-state index in [4.69, 9.17) is 0 Å². The standard InChI is InChI=1S/C14H19N3S/c1-3-6-11-13(12-7-5-9-18-12)16-10-17-14(11)15-8-4-2/h5,7,9-10H,3-4,6,8H2,1-2H3,(H,15,16,17). The molecule has 2 aromatic rings. The van der Waals surface area contributed by atoms with Crippen molar-refractivity contribution in [3.63, 3.8) is 0 Å². The summed E-state index contributed by atoms with van der Waals surface area (Å²) < 4.78 is 0. The van der Waals surface area contributed by atoms with E-state index in [0.717, 1.165) is 37.3 Å². The van der Waals surface area contributed by atoms with Crippen molar-refractivity contribution in [3.8, 4) is 10.6 Å². The minimum Gasteiger partial charge on any atom is -0.370 e. The fraction of sp³-hybridized carbons (Fsp3) is 0.429.